The van der Waals surface area contributed by atoms with E-state index in [0.29, 0.717) is 23.6 Å². The van der Waals surface area contributed by atoms with E-state index in [2.05, 4.69) is 5.32 Å². The van der Waals surface area contributed by atoms with Gasteiger partial charge >= 0.3 is 0 Å². The number of carbonyl (C=O) groups is 1. The van der Waals surface area contributed by atoms with Crippen LogP contribution in [0.3, 0.4) is 0 Å². The van der Waals surface area contributed by atoms with Gasteiger partial charge in [-0.15, -0.1) is 11.3 Å². The summed E-state index contributed by atoms with van der Waals surface area (Å²) in [6, 6.07) is 0. The van der Waals surface area contributed by atoms with E-state index < -0.39 is 10.0 Å². The Kier molecular flexibility index (Phi) is 4.79. The molecule has 3 N–H and O–H groups in total. The largest absolute Gasteiger partial charge is 0.381 e. The number of ether oxygens (including phenoxy) is 1. The molecule has 1 unspecified atom stereocenters. The lowest BCUT2D eigenvalue weighted by Crippen LogP contribution is -2.26. The Bertz CT molecular complexity index is 589. The summed E-state index contributed by atoms with van der Waals surface area (Å²) in [5.74, 6) is 0.242. The molecule has 0 radical (unpaired) electrons. The molecule has 1 aliphatic rings. The maximum atomic E-state index is 12.0. The molecular weight excluding hydrogens is 300 g/mol. The van der Waals surface area contributed by atoms with Crippen LogP contribution in [0.4, 0.5) is 0 Å². The zero-order valence-corrected chi connectivity index (χ0v) is 12.9. The Balaban J connectivity index is 1.94. The van der Waals surface area contributed by atoms with E-state index in [1.165, 1.54) is 5.38 Å². The Labute approximate surface area is 122 Å². The normalized spacial score (nSPS) is 19.2. The number of thiophene rings is 1. The third kappa shape index (κ3) is 3.57. The van der Waals surface area contributed by atoms with Gasteiger partial charge in [-0.2, -0.15) is 0 Å². The van der Waals surface area contributed by atoms with Crippen LogP contribution >= 0.6 is 11.3 Å². The van der Waals surface area contributed by atoms with E-state index in [4.69, 9.17) is 9.88 Å². The molecule has 1 fully saturated rings. The lowest BCUT2D eigenvalue weighted by atomic mass is 10.1. The molecule has 1 atom stereocenters. The first-order valence-corrected chi connectivity index (χ1v) is 8.79. The van der Waals surface area contributed by atoms with Gasteiger partial charge in [0.25, 0.3) is 5.91 Å². The number of carbonyl (C=O) groups excluding carboxylic acids is 1. The summed E-state index contributed by atoms with van der Waals surface area (Å²) in [4.78, 5) is 12.0. The molecule has 0 bridgehead atoms. The van der Waals surface area contributed by atoms with Crippen LogP contribution in [0, 0.1) is 12.8 Å². The Morgan fingerprint density at radius 1 is 1.60 bits per heavy atom. The van der Waals surface area contributed by atoms with Crippen LogP contribution in [-0.4, -0.2) is 34.1 Å². The number of primary sulfonamides is 1. The molecule has 6 nitrogen and oxygen atoms in total. The molecular formula is C12H18N2O4S2. The number of amides is 1. The van der Waals surface area contributed by atoms with Crippen molar-refractivity contribution in [3.8, 4) is 0 Å². The zero-order valence-electron chi connectivity index (χ0n) is 11.2. The van der Waals surface area contributed by atoms with Crippen LogP contribution in [0.25, 0.3) is 0 Å². The molecule has 8 heteroatoms. The van der Waals surface area contributed by atoms with Crippen molar-refractivity contribution in [2.75, 3.05) is 19.8 Å². The highest BCUT2D eigenvalue weighted by atomic mass is 32.2. The van der Waals surface area contributed by atoms with Crippen molar-refractivity contribution in [2.45, 2.75) is 24.0 Å². The lowest BCUT2D eigenvalue weighted by molar-refractivity contribution is 0.0950. The lowest BCUT2D eigenvalue weighted by Gasteiger charge is -2.08. The molecule has 112 valence electrons. The second kappa shape index (κ2) is 6.21. The van der Waals surface area contributed by atoms with Crippen LogP contribution in [0.15, 0.2) is 9.59 Å². The van der Waals surface area contributed by atoms with Gasteiger partial charge in [-0.05, 0) is 31.2 Å². The molecule has 0 saturated carbocycles. The fourth-order valence-corrected chi connectivity index (χ4v) is 4.21. The molecule has 0 aromatic carbocycles. The molecule has 1 amide bonds. The second-order valence-electron chi connectivity index (χ2n) is 4.88. The highest BCUT2D eigenvalue weighted by Crippen LogP contribution is 2.25. The van der Waals surface area contributed by atoms with E-state index in [9.17, 15) is 13.2 Å². The van der Waals surface area contributed by atoms with Crippen molar-refractivity contribution in [3.63, 3.8) is 0 Å². The van der Waals surface area contributed by atoms with Gasteiger partial charge in [0.05, 0.1) is 5.56 Å². The Morgan fingerprint density at radius 3 is 2.90 bits per heavy atom. The van der Waals surface area contributed by atoms with Crippen molar-refractivity contribution < 1.29 is 17.9 Å². The van der Waals surface area contributed by atoms with Gasteiger partial charge in [0.1, 0.15) is 4.21 Å². The summed E-state index contributed by atoms with van der Waals surface area (Å²) in [6.07, 6.45) is 1.90. The number of nitrogens with two attached hydrogens (primary N) is 1. The summed E-state index contributed by atoms with van der Waals surface area (Å²) in [6.45, 7) is 3.70. The van der Waals surface area contributed by atoms with E-state index >= 15 is 0 Å². The first-order chi connectivity index (χ1) is 9.39. The zero-order chi connectivity index (χ0) is 14.8. The quantitative estimate of drug-likeness (QED) is 0.841. The van der Waals surface area contributed by atoms with Crippen LogP contribution < -0.4 is 10.5 Å². The van der Waals surface area contributed by atoms with Crippen molar-refractivity contribution in [2.24, 2.45) is 11.1 Å². The number of hydrogen-bond acceptors (Lipinski definition) is 5. The first-order valence-electron chi connectivity index (χ1n) is 6.36. The van der Waals surface area contributed by atoms with Crippen LogP contribution in [0.2, 0.25) is 0 Å². The van der Waals surface area contributed by atoms with Crippen LogP contribution in [-0.2, 0) is 14.8 Å². The summed E-state index contributed by atoms with van der Waals surface area (Å²) in [5, 5.41) is 9.43. The average molecular weight is 318 g/mol. The standard InChI is InChI=1S/C12H18N2O4S2/c1-8-10(7-19-12(8)20(13,16)17)11(15)14-4-2-9-3-5-18-6-9/h7,9H,2-6H2,1H3,(H,14,15)(H2,13,16,17). The van der Waals surface area contributed by atoms with Gasteiger partial charge in [-0.25, -0.2) is 13.6 Å². The third-order valence-corrected chi connectivity index (χ3v) is 6.04. The molecule has 2 rings (SSSR count). The fraction of sp³-hybridized carbons (Fsp3) is 0.583. The van der Waals surface area contributed by atoms with Gasteiger partial charge in [-0.1, -0.05) is 0 Å². The predicted molar refractivity (Wildman–Crippen MR) is 76.3 cm³/mol. The minimum atomic E-state index is -3.76. The SMILES string of the molecule is Cc1c(C(=O)NCCC2CCOC2)csc1S(N)(=O)=O. The van der Waals surface area contributed by atoms with Crippen LogP contribution in [0.1, 0.15) is 28.8 Å². The predicted octanol–water partition coefficient (Wildman–Crippen LogP) is 0.860. The van der Waals surface area contributed by atoms with Crippen molar-refractivity contribution in [3.05, 3.63) is 16.5 Å². The van der Waals surface area contributed by atoms with Gasteiger partial charge in [0.2, 0.25) is 10.0 Å². The van der Waals surface area contributed by atoms with E-state index in [-0.39, 0.29) is 10.1 Å². The topological polar surface area (TPSA) is 98.5 Å². The minimum absolute atomic E-state index is 0.0480. The summed E-state index contributed by atoms with van der Waals surface area (Å²) >= 11 is 0.976. The van der Waals surface area contributed by atoms with E-state index in [0.717, 1.165) is 37.4 Å². The number of sulfonamides is 1. The number of nitrogens with one attached hydrogen (secondary N) is 1. The van der Waals surface area contributed by atoms with E-state index in [1.807, 2.05) is 0 Å². The molecule has 1 aliphatic heterocycles. The Morgan fingerprint density at radius 2 is 2.35 bits per heavy atom. The molecule has 0 aliphatic carbocycles. The van der Waals surface area contributed by atoms with Gasteiger partial charge in [-0.3, -0.25) is 4.79 Å². The smallest absolute Gasteiger partial charge is 0.252 e. The summed E-state index contributed by atoms with van der Waals surface area (Å²) in [5.41, 5.74) is 0.792. The fourth-order valence-electron chi connectivity index (χ4n) is 2.20. The highest BCUT2D eigenvalue weighted by Gasteiger charge is 2.21. The van der Waals surface area contributed by atoms with Crippen molar-refractivity contribution in [1.82, 2.24) is 5.32 Å². The van der Waals surface area contributed by atoms with Crippen LogP contribution in [0.5, 0.6) is 0 Å². The number of rotatable bonds is 5. The summed E-state index contributed by atoms with van der Waals surface area (Å²) < 4.78 is 28.0. The van der Waals surface area contributed by atoms with Gasteiger partial charge < -0.3 is 10.1 Å². The molecule has 20 heavy (non-hydrogen) atoms. The maximum Gasteiger partial charge on any atom is 0.252 e. The van der Waals surface area contributed by atoms with Gasteiger partial charge in [0, 0.05) is 25.1 Å². The molecule has 2 heterocycles. The minimum Gasteiger partial charge on any atom is -0.381 e. The number of hydrogen-bond donors (Lipinski definition) is 2. The third-order valence-electron chi connectivity index (χ3n) is 3.36. The highest BCUT2D eigenvalue weighted by molar-refractivity contribution is 7.91. The molecule has 0 spiro atoms. The summed E-state index contributed by atoms with van der Waals surface area (Å²) in [7, 11) is -3.76. The molecule has 1 aromatic heterocycles. The van der Waals surface area contributed by atoms with Crippen molar-refractivity contribution >= 4 is 27.3 Å². The van der Waals surface area contributed by atoms with Gasteiger partial charge in [0.15, 0.2) is 0 Å². The average Bonchev–Trinajstić information content (AvgIpc) is 2.97. The Hall–Kier alpha value is -0.960. The van der Waals surface area contributed by atoms with Crippen molar-refractivity contribution in [1.29, 1.82) is 0 Å². The molecule has 1 saturated heterocycles. The maximum absolute atomic E-state index is 12.0. The van der Waals surface area contributed by atoms with E-state index in [1.54, 1.807) is 6.92 Å². The second-order valence-corrected chi connectivity index (χ2v) is 7.52. The molecule has 1 aromatic rings. The first kappa shape index (κ1) is 15.4. The monoisotopic (exact) mass is 318 g/mol.